The third kappa shape index (κ3) is 3.60. The van der Waals surface area contributed by atoms with Gasteiger partial charge in [-0.1, -0.05) is 60.7 Å². The van der Waals surface area contributed by atoms with E-state index in [0.717, 1.165) is 5.56 Å². The lowest BCUT2D eigenvalue weighted by Crippen LogP contribution is -2.44. The number of halogens is 3. The molecule has 1 aliphatic rings. The van der Waals surface area contributed by atoms with Crippen LogP contribution in [0.1, 0.15) is 31.8 Å². The van der Waals surface area contributed by atoms with E-state index >= 15 is 0 Å². The van der Waals surface area contributed by atoms with Crippen molar-refractivity contribution in [2.75, 3.05) is 0 Å². The number of benzene rings is 3. The van der Waals surface area contributed by atoms with Gasteiger partial charge >= 0.3 is 15.6 Å². The predicted octanol–water partition coefficient (Wildman–Crippen LogP) is 4.39. The van der Waals surface area contributed by atoms with Crippen molar-refractivity contribution in [3.63, 3.8) is 0 Å². The first-order valence-electron chi connectivity index (χ1n) is 8.79. The first-order valence-corrected chi connectivity index (χ1v) is 10.2. The topological polar surface area (TPSA) is 80.8 Å². The fraction of sp³-hybridized carbons (Fsp3) is 0.0476. The molecule has 0 bridgehead atoms. The quantitative estimate of drug-likeness (QED) is 0.337. The number of nitrogens with zero attached hydrogens (tertiary/aromatic N) is 1. The van der Waals surface area contributed by atoms with Gasteiger partial charge in [0, 0.05) is 5.39 Å². The van der Waals surface area contributed by atoms with Crippen molar-refractivity contribution in [2.45, 2.75) is 5.51 Å². The Labute approximate surface area is 174 Å². The van der Waals surface area contributed by atoms with Crippen molar-refractivity contribution >= 4 is 44.9 Å². The third-order valence-electron chi connectivity index (χ3n) is 4.62. The second-order valence-electron chi connectivity index (χ2n) is 6.55. The van der Waals surface area contributed by atoms with Gasteiger partial charge in [-0.05, 0) is 28.6 Å². The smallest absolute Gasteiger partial charge is 0.266 e. The molecular weight excluding hydrogens is 435 g/mol. The normalized spacial score (nSPS) is 14.6. The number of alkyl halides is 3. The minimum atomic E-state index is -6.21. The molecule has 158 valence electrons. The highest BCUT2D eigenvalue weighted by Gasteiger charge is 2.51. The average molecular weight is 447 g/mol. The summed E-state index contributed by atoms with van der Waals surface area (Å²) >= 11 is 0. The molecule has 0 aliphatic carbocycles. The molecular formula is C21H12F3NO5S. The molecule has 0 saturated heterocycles. The maximum absolute atomic E-state index is 12.7. The summed E-state index contributed by atoms with van der Waals surface area (Å²) in [4.78, 5) is 25.3. The van der Waals surface area contributed by atoms with Crippen LogP contribution in [0.4, 0.5) is 13.2 Å². The van der Waals surface area contributed by atoms with Crippen molar-refractivity contribution in [3.05, 3.63) is 82.9 Å². The first-order chi connectivity index (χ1) is 14.6. The van der Waals surface area contributed by atoms with E-state index in [1.54, 1.807) is 18.2 Å². The zero-order valence-corrected chi connectivity index (χ0v) is 16.3. The van der Waals surface area contributed by atoms with Crippen molar-refractivity contribution in [2.24, 2.45) is 0 Å². The summed E-state index contributed by atoms with van der Waals surface area (Å²) in [6.07, 6.45) is 3.59. The van der Waals surface area contributed by atoms with Gasteiger partial charge in [-0.15, -0.1) is 9.35 Å². The molecule has 0 N–H and O–H groups in total. The highest BCUT2D eigenvalue weighted by atomic mass is 32.2. The van der Waals surface area contributed by atoms with E-state index in [-0.39, 0.29) is 21.6 Å². The zero-order valence-electron chi connectivity index (χ0n) is 15.5. The van der Waals surface area contributed by atoms with Crippen molar-refractivity contribution in [1.82, 2.24) is 5.06 Å². The van der Waals surface area contributed by atoms with Crippen LogP contribution < -0.4 is 0 Å². The first kappa shape index (κ1) is 20.8. The number of hydrogen-bond acceptors (Lipinski definition) is 5. The number of carbonyl (C=O) groups is 2. The lowest BCUT2D eigenvalue weighted by Gasteiger charge is -2.26. The Morgan fingerprint density at radius 1 is 0.806 bits per heavy atom. The zero-order chi connectivity index (χ0) is 22.4. The molecule has 0 radical (unpaired) electrons. The van der Waals surface area contributed by atoms with Gasteiger partial charge in [0.25, 0.3) is 11.8 Å². The van der Waals surface area contributed by atoms with Crippen molar-refractivity contribution < 1.29 is 35.5 Å². The Morgan fingerprint density at radius 3 is 2.10 bits per heavy atom. The van der Waals surface area contributed by atoms with Gasteiger partial charge in [-0.2, -0.15) is 21.6 Å². The molecule has 1 aliphatic heterocycles. The highest BCUT2D eigenvalue weighted by molar-refractivity contribution is 7.87. The Hall–Kier alpha value is -3.50. The molecule has 0 aromatic heterocycles. The molecule has 0 unspecified atom stereocenters. The fourth-order valence-electron chi connectivity index (χ4n) is 3.20. The molecule has 10 heteroatoms. The maximum atomic E-state index is 12.7. The van der Waals surface area contributed by atoms with Gasteiger partial charge in [-0.25, -0.2) is 0 Å². The molecule has 3 aromatic rings. The molecule has 6 nitrogen and oxygen atoms in total. The van der Waals surface area contributed by atoms with E-state index in [1.807, 2.05) is 36.4 Å². The minimum Gasteiger partial charge on any atom is -0.266 e. The van der Waals surface area contributed by atoms with Crippen LogP contribution in [0, 0.1) is 0 Å². The van der Waals surface area contributed by atoms with Gasteiger partial charge in [0.1, 0.15) is 0 Å². The van der Waals surface area contributed by atoms with Crippen LogP contribution >= 0.6 is 0 Å². The second-order valence-corrected chi connectivity index (χ2v) is 8.07. The summed E-state index contributed by atoms with van der Waals surface area (Å²) < 4.78 is 64.6. The standard InChI is InChI=1S/C21H12F3NO5S/c22-21(23,24)31(28,29)30-25-19(26)16-8-4-7-15-14(10-9-13-5-2-1-3-6-13)11-12-17(18(15)16)20(25)27/h1-12H/b10-9+. The van der Waals surface area contributed by atoms with E-state index < -0.39 is 27.4 Å². The van der Waals surface area contributed by atoms with Crippen LogP contribution in [-0.4, -0.2) is 30.8 Å². The SMILES string of the molecule is O=C1c2cccc3c(/C=C/c4ccccc4)ccc(c23)C(=O)N1OS(=O)(=O)C(F)(F)F. The summed E-state index contributed by atoms with van der Waals surface area (Å²) in [6, 6.07) is 16.6. The molecule has 0 spiro atoms. The van der Waals surface area contributed by atoms with Gasteiger partial charge in [0.05, 0.1) is 11.1 Å². The Bertz CT molecular complexity index is 1330. The molecule has 3 aromatic carbocycles. The van der Waals surface area contributed by atoms with Gasteiger partial charge in [0.15, 0.2) is 0 Å². The number of hydrogen-bond donors (Lipinski definition) is 0. The monoisotopic (exact) mass is 447 g/mol. The van der Waals surface area contributed by atoms with Crippen LogP contribution in [0.25, 0.3) is 22.9 Å². The number of rotatable bonds is 4. The predicted molar refractivity (Wildman–Crippen MR) is 106 cm³/mol. The molecule has 0 saturated carbocycles. The van der Waals surface area contributed by atoms with E-state index in [2.05, 4.69) is 4.28 Å². The minimum absolute atomic E-state index is 0.153. The average Bonchev–Trinajstić information content (AvgIpc) is 2.73. The van der Waals surface area contributed by atoms with Gasteiger partial charge < -0.3 is 0 Å². The van der Waals surface area contributed by atoms with Crippen LogP contribution in [0.3, 0.4) is 0 Å². The lowest BCUT2D eigenvalue weighted by atomic mass is 9.92. The number of amides is 2. The Kier molecular flexibility index (Phi) is 4.91. The largest absolute Gasteiger partial charge is 0.525 e. The molecule has 4 rings (SSSR count). The third-order valence-corrected chi connectivity index (χ3v) is 5.53. The second kappa shape index (κ2) is 7.33. The van der Waals surface area contributed by atoms with Gasteiger partial charge in [-0.3, -0.25) is 9.59 Å². The van der Waals surface area contributed by atoms with Crippen molar-refractivity contribution in [1.29, 1.82) is 0 Å². The number of hydroxylamine groups is 2. The molecule has 31 heavy (non-hydrogen) atoms. The van der Waals surface area contributed by atoms with E-state index in [1.165, 1.54) is 18.2 Å². The van der Waals surface area contributed by atoms with Crippen LogP contribution in [0.15, 0.2) is 60.7 Å². The molecule has 2 amide bonds. The molecule has 0 fully saturated rings. The Morgan fingerprint density at radius 2 is 1.45 bits per heavy atom. The van der Waals surface area contributed by atoms with Crippen LogP contribution in [0.5, 0.6) is 0 Å². The summed E-state index contributed by atoms with van der Waals surface area (Å²) in [5.41, 5.74) is -4.54. The number of carbonyl (C=O) groups excluding carboxylic acids is 2. The van der Waals surface area contributed by atoms with E-state index in [0.29, 0.717) is 10.9 Å². The summed E-state index contributed by atoms with van der Waals surface area (Å²) in [7, 11) is -6.21. The van der Waals surface area contributed by atoms with Crippen LogP contribution in [-0.2, 0) is 14.4 Å². The number of imide groups is 1. The van der Waals surface area contributed by atoms with E-state index in [4.69, 9.17) is 0 Å². The molecule has 0 atom stereocenters. The molecule has 1 heterocycles. The van der Waals surface area contributed by atoms with E-state index in [9.17, 15) is 31.2 Å². The summed E-state index contributed by atoms with van der Waals surface area (Å²) in [5.74, 6) is -2.61. The Balaban J connectivity index is 1.80. The van der Waals surface area contributed by atoms with Crippen molar-refractivity contribution in [3.8, 4) is 0 Å². The highest BCUT2D eigenvalue weighted by Crippen LogP contribution is 2.35. The van der Waals surface area contributed by atoms with Crippen LogP contribution in [0.2, 0.25) is 0 Å². The summed E-state index contributed by atoms with van der Waals surface area (Å²) in [5, 5.41) is 0.332. The van der Waals surface area contributed by atoms with Gasteiger partial charge in [0.2, 0.25) is 0 Å². The maximum Gasteiger partial charge on any atom is 0.525 e. The summed E-state index contributed by atoms with van der Waals surface area (Å²) in [6.45, 7) is 0. The fourth-order valence-corrected chi connectivity index (χ4v) is 3.62. The lowest BCUT2D eigenvalue weighted by molar-refractivity contribution is -0.0761.